The summed E-state index contributed by atoms with van der Waals surface area (Å²) in [6, 6.07) is -0.0146. The van der Waals surface area contributed by atoms with E-state index in [4.69, 9.17) is 4.74 Å². The molecule has 5 heteroatoms. The van der Waals surface area contributed by atoms with E-state index in [1.54, 1.807) is 7.11 Å². The van der Waals surface area contributed by atoms with Gasteiger partial charge in [-0.1, -0.05) is 6.92 Å². The standard InChI is InChI=1S/C14H29N3O2/c1-5-13(16(2)3)14(18)15-8-11-17-9-6-12(19-4)7-10-17/h12-13H,5-11H2,1-4H3,(H,15,18)/t13-/m1/s1. The number of nitrogens with one attached hydrogen (secondary N) is 1. The highest BCUT2D eigenvalue weighted by Gasteiger charge is 2.20. The van der Waals surface area contributed by atoms with Crippen LogP contribution in [-0.4, -0.2) is 75.2 Å². The fourth-order valence-electron chi connectivity index (χ4n) is 2.61. The van der Waals surface area contributed by atoms with Crippen LogP contribution in [-0.2, 0) is 9.53 Å². The maximum absolute atomic E-state index is 12.0. The minimum Gasteiger partial charge on any atom is -0.381 e. The van der Waals surface area contributed by atoms with Crippen LogP contribution >= 0.6 is 0 Å². The summed E-state index contributed by atoms with van der Waals surface area (Å²) in [5, 5.41) is 3.03. The largest absolute Gasteiger partial charge is 0.381 e. The maximum Gasteiger partial charge on any atom is 0.237 e. The van der Waals surface area contributed by atoms with Gasteiger partial charge in [-0.15, -0.1) is 0 Å². The number of piperidine rings is 1. The molecule has 0 unspecified atom stereocenters. The first-order valence-electron chi connectivity index (χ1n) is 7.27. The lowest BCUT2D eigenvalue weighted by atomic mass is 10.1. The van der Waals surface area contributed by atoms with Gasteiger partial charge in [0.2, 0.25) is 5.91 Å². The molecule has 1 heterocycles. The number of likely N-dealkylation sites (tertiary alicyclic amines) is 1. The van der Waals surface area contributed by atoms with Crippen LogP contribution in [0.15, 0.2) is 0 Å². The molecule has 0 aromatic rings. The molecule has 1 rings (SSSR count). The monoisotopic (exact) mass is 271 g/mol. The van der Waals surface area contributed by atoms with Crippen molar-refractivity contribution in [3.05, 3.63) is 0 Å². The van der Waals surface area contributed by atoms with Gasteiger partial charge in [-0.2, -0.15) is 0 Å². The summed E-state index contributed by atoms with van der Waals surface area (Å²) in [7, 11) is 5.68. The van der Waals surface area contributed by atoms with E-state index in [2.05, 4.69) is 10.2 Å². The number of amides is 1. The van der Waals surface area contributed by atoms with E-state index in [9.17, 15) is 4.79 Å². The third kappa shape index (κ3) is 5.47. The van der Waals surface area contributed by atoms with Gasteiger partial charge in [-0.05, 0) is 33.4 Å². The highest BCUT2D eigenvalue weighted by Crippen LogP contribution is 2.11. The van der Waals surface area contributed by atoms with Crippen LogP contribution in [0.5, 0.6) is 0 Å². The Morgan fingerprint density at radius 1 is 1.42 bits per heavy atom. The Morgan fingerprint density at radius 2 is 2.05 bits per heavy atom. The summed E-state index contributed by atoms with van der Waals surface area (Å²) in [5.41, 5.74) is 0. The van der Waals surface area contributed by atoms with E-state index in [0.717, 1.165) is 45.4 Å². The van der Waals surface area contributed by atoms with Crippen LogP contribution in [0.25, 0.3) is 0 Å². The van der Waals surface area contributed by atoms with Gasteiger partial charge in [0.1, 0.15) is 0 Å². The smallest absolute Gasteiger partial charge is 0.237 e. The van der Waals surface area contributed by atoms with E-state index >= 15 is 0 Å². The van der Waals surface area contributed by atoms with E-state index in [1.807, 2.05) is 25.9 Å². The van der Waals surface area contributed by atoms with Crippen LogP contribution in [0, 0.1) is 0 Å². The predicted molar refractivity (Wildman–Crippen MR) is 77.2 cm³/mol. The van der Waals surface area contributed by atoms with Crippen molar-refractivity contribution in [2.75, 3.05) is 47.4 Å². The molecule has 1 saturated heterocycles. The van der Waals surface area contributed by atoms with Gasteiger partial charge in [0, 0.05) is 33.3 Å². The number of rotatable bonds is 7. The lowest BCUT2D eigenvalue weighted by Crippen LogP contribution is -2.46. The predicted octanol–water partition coefficient (Wildman–Crippen LogP) is 0.554. The zero-order valence-corrected chi connectivity index (χ0v) is 12.8. The Labute approximate surface area is 117 Å². The van der Waals surface area contributed by atoms with Crippen molar-refractivity contribution in [3.8, 4) is 0 Å². The van der Waals surface area contributed by atoms with Gasteiger partial charge in [0.25, 0.3) is 0 Å². The molecule has 5 nitrogen and oxygen atoms in total. The van der Waals surface area contributed by atoms with E-state index in [1.165, 1.54) is 0 Å². The number of hydrogen-bond donors (Lipinski definition) is 1. The first-order chi connectivity index (χ1) is 9.08. The summed E-state index contributed by atoms with van der Waals surface area (Å²) >= 11 is 0. The number of carbonyl (C=O) groups is 1. The minimum absolute atomic E-state index is 0.0146. The first kappa shape index (κ1) is 16.4. The second-order valence-corrected chi connectivity index (χ2v) is 5.46. The van der Waals surface area contributed by atoms with Crippen LogP contribution in [0.4, 0.5) is 0 Å². The molecule has 112 valence electrons. The highest BCUT2D eigenvalue weighted by molar-refractivity contribution is 5.81. The van der Waals surface area contributed by atoms with Crippen molar-refractivity contribution in [2.45, 2.75) is 38.3 Å². The summed E-state index contributed by atoms with van der Waals surface area (Å²) in [5.74, 6) is 0.138. The summed E-state index contributed by atoms with van der Waals surface area (Å²) < 4.78 is 5.35. The van der Waals surface area contributed by atoms with Crippen LogP contribution < -0.4 is 5.32 Å². The fourth-order valence-corrected chi connectivity index (χ4v) is 2.61. The summed E-state index contributed by atoms with van der Waals surface area (Å²) in [6.45, 7) is 5.85. The molecule has 1 aliphatic rings. The SMILES string of the molecule is CC[C@H](C(=O)NCCN1CCC(OC)CC1)N(C)C. The van der Waals surface area contributed by atoms with Crippen LogP contribution in [0.2, 0.25) is 0 Å². The molecule has 1 amide bonds. The number of carbonyl (C=O) groups excluding carboxylic acids is 1. The molecule has 0 aromatic heterocycles. The first-order valence-corrected chi connectivity index (χ1v) is 7.27. The molecule has 1 atom stereocenters. The molecule has 0 radical (unpaired) electrons. The number of ether oxygens (including phenoxy) is 1. The number of likely N-dealkylation sites (N-methyl/N-ethyl adjacent to an activating group) is 1. The topological polar surface area (TPSA) is 44.8 Å². The Bertz CT molecular complexity index is 263. The van der Waals surface area contributed by atoms with Crippen molar-refractivity contribution in [1.82, 2.24) is 15.1 Å². The molecule has 0 aromatic carbocycles. The molecule has 1 fully saturated rings. The van der Waals surface area contributed by atoms with Crippen molar-refractivity contribution >= 4 is 5.91 Å². The molecule has 0 spiro atoms. The molecule has 0 aliphatic carbocycles. The fraction of sp³-hybridized carbons (Fsp3) is 0.929. The lowest BCUT2D eigenvalue weighted by Gasteiger charge is -2.31. The molecular weight excluding hydrogens is 242 g/mol. The molecule has 0 bridgehead atoms. The second-order valence-electron chi connectivity index (χ2n) is 5.46. The lowest BCUT2D eigenvalue weighted by molar-refractivity contribution is -0.125. The van der Waals surface area contributed by atoms with E-state index in [0.29, 0.717) is 6.10 Å². The third-order valence-corrected chi connectivity index (χ3v) is 3.91. The molecule has 0 saturated carbocycles. The van der Waals surface area contributed by atoms with Crippen molar-refractivity contribution in [2.24, 2.45) is 0 Å². The van der Waals surface area contributed by atoms with Crippen molar-refractivity contribution < 1.29 is 9.53 Å². The maximum atomic E-state index is 12.0. The summed E-state index contributed by atoms with van der Waals surface area (Å²) in [4.78, 5) is 16.3. The third-order valence-electron chi connectivity index (χ3n) is 3.91. The van der Waals surface area contributed by atoms with Gasteiger partial charge in [-0.3, -0.25) is 9.69 Å². The van der Waals surface area contributed by atoms with Gasteiger partial charge in [-0.25, -0.2) is 0 Å². The highest BCUT2D eigenvalue weighted by atomic mass is 16.5. The van der Waals surface area contributed by atoms with Gasteiger partial charge in [0.15, 0.2) is 0 Å². The molecular formula is C14H29N3O2. The minimum atomic E-state index is -0.0146. The molecule has 1 aliphatic heterocycles. The Balaban J connectivity index is 2.18. The number of hydrogen-bond acceptors (Lipinski definition) is 4. The molecule has 19 heavy (non-hydrogen) atoms. The van der Waals surface area contributed by atoms with Crippen molar-refractivity contribution in [3.63, 3.8) is 0 Å². The van der Waals surface area contributed by atoms with Gasteiger partial charge >= 0.3 is 0 Å². The molecule has 1 N–H and O–H groups in total. The van der Waals surface area contributed by atoms with E-state index < -0.39 is 0 Å². The Morgan fingerprint density at radius 3 is 2.53 bits per heavy atom. The van der Waals surface area contributed by atoms with Gasteiger partial charge < -0.3 is 15.0 Å². The summed E-state index contributed by atoms with van der Waals surface area (Å²) in [6.07, 6.45) is 3.46. The van der Waals surface area contributed by atoms with Crippen LogP contribution in [0.1, 0.15) is 26.2 Å². The average molecular weight is 271 g/mol. The normalized spacial score (nSPS) is 19.6. The van der Waals surface area contributed by atoms with Crippen molar-refractivity contribution in [1.29, 1.82) is 0 Å². The quantitative estimate of drug-likeness (QED) is 0.735. The number of nitrogens with zero attached hydrogens (tertiary/aromatic N) is 2. The second kappa shape index (κ2) is 8.51. The van der Waals surface area contributed by atoms with E-state index in [-0.39, 0.29) is 11.9 Å². The Hall–Kier alpha value is -0.650. The zero-order chi connectivity index (χ0) is 14.3. The zero-order valence-electron chi connectivity index (χ0n) is 12.8. The number of methoxy groups -OCH3 is 1. The Kier molecular flexibility index (Phi) is 7.34. The van der Waals surface area contributed by atoms with Crippen LogP contribution in [0.3, 0.4) is 0 Å². The average Bonchev–Trinajstić information content (AvgIpc) is 2.40. The van der Waals surface area contributed by atoms with Gasteiger partial charge in [0.05, 0.1) is 12.1 Å².